The lowest BCUT2D eigenvalue weighted by molar-refractivity contribution is 0.0526. The van der Waals surface area contributed by atoms with Crippen LogP contribution in [0.15, 0.2) is 47.4 Å². The van der Waals surface area contributed by atoms with Gasteiger partial charge in [-0.25, -0.2) is 4.79 Å². The summed E-state index contributed by atoms with van der Waals surface area (Å²) in [6.45, 7) is 3.61. The zero-order chi connectivity index (χ0) is 17.7. The van der Waals surface area contributed by atoms with Crippen LogP contribution >= 0.6 is 0 Å². The minimum absolute atomic E-state index is 0.00574. The number of benzene rings is 2. The lowest BCUT2D eigenvalue weighted by Gasteiger charge is -2.13. The predicted molar refractivity (Wildman–Crippen MR) is 87.9 cm³/mol. The van der Waals surface area contributed by atoms with Gasteiger partial charge in [0, 0.05) is 0 Å². The van der Waals surface area contributed by atoms with Gasteiger partial charge in [0.05, 0.1) is 19.3 Å². The second-order valence-electron chi connectivity index (χ2n) is 4.89. The Kier molecular flexibility index (Phi) is 5.46. The molecule has 0 radical (unpaired) electrons. The molecular formula is C17H18O6S. The SMILES string of the molecule is CCOC(=O)c1ccc(OS(=O)(=O)c2ccccc2C)c(OC)c1. The number of rotatable bonds is 6. The van der Waals surface area contributed by atoms with E-state index in [0.717, 1.165) is 0 Å². The molecule has 6 nitrogen and oxygen atoms in total. The zero-order valence-corrected chi connectivity index (χ0v) is 14.4. The lowest BCUT2D eigenvalue weighted by atomic mass is 10.2. The predicted octanol–water partition coefficient (Wildman–Crippen LogP) is 2.95. The van der Waals surface area contributed by atoms with Crippen molar-refractivity contribution in [1.29, 1.82) is 0 Å². The first kappa shape index (κ1) is 17.8. The molecule has 0 bridgehead atoms. The first-order valence-electron chi connectivity index (χ1n) is 7.24. The number of hydrogen-bond acceptors (Lipinski definition) is 6. The number of carbonyl (C=O) groups excluding carboxylic acids is 1. The Morgan fingerprint density at radius 3 is 2.42 bits per heavy atom. The van der Waals surface area contributed by atoms with Gasteiger partial charge >= 0.3 is 16.1 Å². The second kappa shape index (κ2) is 7.35. The largest absolute Gasteiger partial charge is 0.493 e. The van der Waals surface area contributed by atoms with Crippen molar-refractivity contribution < 1.29 is 26.9 Å². The van der Waals surface area contributed by atoms with Crippen LogP contribution < -0.4 is 8.92 Å². The summed E-state index contributed by atoms with van der Waals surface area (Å²) in [5.74, 6) is -0.407. The maximum Gasteiger partial charge on any atom is 0.339 e. The Bertz CT molecular complexity index is 842. The van der Waals surface area contributed by atoms with Crippen LogP contribution in [0.1, 0.15) is 22.8 Å². The van der Waals surface area contributed by atoms with Crippen molar-refractivity contribution in [2.24, 2.45) is 0 Å². The summed E-state index contributed by atoms with van der Waals surface area (Å²) < 4.78 is 40.1. The van der Waals surface area contributed by atoms with Crippen LogP contribution in [0.2, 0.25) is 0 Å². The highest BCUT2D eigenvalue weighted by molar-refractivity contribution is 7.87. The topological polar surface area (TPSA) is 78.9 Å². The second-order valence-corrected chi connectivity index (χ2v) is 6.40. The maximum absolute atomic E-state index is 12.4. The molecule has 0 aliphatic carbocycles. The van der Waals surface area contributed by atoms with Crippen molar-refractivity contribution in [1.82, 2.24) is 0 Å². The number of methoxy groups -OCH3 is 1. The van der Waals surface area contributed by atoms with E-state index in [4.69, 9.17) is 13.7 Å². The van der Waals surface area contributed by atoms with Crippen molar-refractivity contribution >= 4 is 16.1 Å². The van der Waals surface area contributed by atoms with Crippen LogP contribution in [0.25, 0.3) is 0 Å². The molecule has 0 spiro atoms. The van der Waals surface area contributed by atoms with E-state index in [1.807, 2.05) is 0 Å². The molecule has 0 aromatic heterocycles. The number of carbonyl (C=O) groups is 1. The molecule has 2 rings (SSSR count). The average molecular weight is 350 g/mol. The van der Waals surface area contributed by atoms with Gasteiger partial charge in [0.15, 0.2) is 11.5 Å². The van der Waals surface area contributed by atoms with E-state index in [1.165, 1.54) is 31.4 Å². The van der Waals surface area contributed by atoms with Crippen LogP contribution in [-0.4, -0.2) is 28.1 Å². The average Bonchev–Trinajstić information content (AvgIpc) is 2.55. The van der Waals surface area contributed by atoms with Gasteiger partial charge in [-0.15, -0.1) is 0 Å². The normalized spacial score (nSPS) is 11.0. The number of aryl methyl sites for hydroxylation is 1. The summed E-state index contributed by atoms with van der Waals surface area (Å²) in [6, 6.07) is 10.7. The molecule has 7 heteroatoms. The van der Waals surface area contributed by atoms with E-state index < -0.39 is 16.1 Å². The summed E-state index contributed by atoms with van der Waals surface area (Å²) in [5, 5.41) is 0. The standard InChI is InChI=1S/C17H18O6S/c1-4-22-17(18)13-9-10-14(15(11-13)21-3)23-24(19,20)16-8-6-5-7-12(16)2/h5-11H,4H2,1-3H3. The molecule has 0 saturated heterocycles. The van der Waals surface area contributed by atoms with Gasteiger partial charge in [0.1, 0.15) is 4.90 Å². The molecule has 0 fully saturated rings. The Morgan fingerprint density at radius 1 is 1.08 bits per heavy atom. The van der Waals surface area contributed by atoms with E-state index in [-0.39, 0.29) is 28.6 Å². The van der Waals surface area contributed by atoms with Gasteiger partial charge < -0.3 is 13.7 Å². The Labute approximate surface area is 141 Å². The van der Waals surface area contributed by atoms with Crippen LogP contribution in [0.5, 0.6) is 11.5 Å². The lowest BCUT2D eigenvalue weighted by Crippen LogP contribution is -2.12. The third-order valence-corrected chi connectivity index (χ3v) is 4.63. The van der Waals surface area contributed by atoms with Gasteiger partial charge in [-0.3, -0.25) is 0 Å². The third kappa shape index (κ3) is 3.86. The molecule has 0 aliphatic rings. The fourth-order valence-electron chi connectivity index (χ4n) is 2.08. The Morgan fingerprint density at radius 2 is 1.79 bits per heavy atom. The van der Waals surface area contributed by atoms with Gasteiger partial charge in [0.2, 0.25) is 0 Å². The van der Waals surface area contributed by atoms with E-state index in [0.29, 0.717) is 5.56 Å². The molecule has 0 aliphatic heterocycles. The number of ether oxygens (including phenoxy) is 2. The van der Waals surface area contributed by atoms with E-state index in [1.54, 1.807) is 32.0 Å². The van der Waals surface area contributed by atoms with Crippen LogP contribution in [0.4, 0.5) is 0 Å². The molecule has 0 heterocycles. The summed E-state index contributed by atoms with van der Waals surface area (Å²) >= 11 is 0. The zero-order valence-electron chi connectivity index (χ0n) is 13.6. The molecule has 0 amide bonds. The smallest absolute Gasteiger partial charge is 0.339 e. The van der Waals surface area contributed by atoms with Crippen molar-refractivity contribution in [3.8, 4) is 11.5 Å². The van der Waals surface area contributed by atoms with E-state index in [9.17, 15) is 13.2 Å². The summed E-state index contributed by atoms with van der Waals surface area (Å²) in [6.07, 6.45) is 0. The van der Waals surface area contributed by atoms with Crippen molar-refractivity contribution in [3.63, 3.8) is 0 Å². The molecule has 0 atom stereocenters. The Balaban J connectivity index is 2.36. The fourth-order valence-corrected chi connectivity index (χ4v) is 3.25. The highest BCUT2D eigenvalue weighted by Gasteiger charge is 2.22. The third-order valence-electron chi connectivity index (χ3n) is 3.24. The molecule has 0 unspecified atom stereocenters. The molecular weight excluding hydrogens is 332 g/mol. The summed E-state index contributed by atoms with van der Waals surface area (Å²) in [4.78, 5) is 11.8. The molecule has 0 N–H and O–H groups in total. The number of hydrogen-bond donors (Lipinski definition) is 0. The molecule has 128 valence electrons. The van der Waals surface area contributed by atoms with Crippen molar-refractivity contribution in [3.05, 3.63) is 53.6 Å². The van der Waals surface area contributed by atoms with Crippen LogP contribution in [0, 0.1) is 6.92 Å². The van der Waals surface area contributed by atoms with E-state index in [2.05, 4.69) is 0 Å². The molecule has 0 saturated carbocycles. The maximum atomic E-state index is 12.4. The van der Waals surface area contributed by atoms with Crippen molar-refractivity contribution in [2.45, 2.75) is 18.7 Å². The van der Waals surface area contributed by atoms with E-state index >= 15 is 0 Å². The number of esters is 1. The fraction of sp³-hybridized carbons (Fsp3) is 0.235. The molecule has 2 aromatic carbocycles. The van der Waals surface area contributed by atoms with Crippen LogP contribution in [-0.2, 0) is 14.9 Å². The van der Waals surface area contributed by atoms with Gasteiger partial charge in [-0.05, 0) is 43.7 Å². The highest BCUT2D eigenvalue weighted by Crippen LogP contribution is 2.31. The first-order chi connectivity index (χ1) is 11.4. The minimum atomic E-state index is -4.02. The summed E-state index contributed by atoms with van der Waals surface area (Å²) in [7, 11) is -2.66. The quantitative estimate of drug-likeness (QED) is 0.589. The Hall–Kier alpha value is -2.54. The van der Waals surface area contributed by atoms with Gasteiger partial charge in [-0.2, -0.15) is 8.42 Å². The first-order valence-corrected chi connectivity index (χ1v) is 8.65. The molecule has 2 aromatic rings. The monoisotopic (exact) mass is 350 g/mol. The minimum Gasteiger partial charge on any atom is -0.493 e. The van der Waals surface area contributed by atoms with Gasteiger partial charge in [-0.1, -0.05) is 18.2 Å². The van der Waals surface area contributed by atoms with Gasteiger partial charge in [0.25, 0.3) is 0 Å². The summed E-state index contributed by atoms with van der Waals surface area (Å²) in [5.41, 5.74) is 0.814. The molecule has 24 heavy (non-hydrogen) atoms. The highest BCUT2D eigenvalue weighted by atomic mass is 32.2. The van der Waals surface area contributed by atoms with Crippen molar-refractivity contribution in [2.75, 3.05) is 13.7 Å². The van der Waals surface area contributed by atoms with Crippen LogP contribution in [0.3, 0.4) is 0 Å².